The highest BCUT2D eigenvalue weighted by Crippen LogP contribution is 2.33. The number of methoxy groups -OCH3 is 2. The zero-order valence-corrected chi connectivity index (χ0v) is 20.1. The lowest BCUT2D eigenvalue weighted by Crippen LogP contribution is -2.16. The van der Waals surface area contributed by atoms with E-state index in [-0.39, 0.29) is 11.5 Å². The third-order valence-electron chi connectivity index (χ3n) is 5.49. The van der Waals surface area contributed by atoms with Gasteiger partial charge in [0.15, 0.2) is 28.3 Å². The first-order valence-electron chi connectivity index (χ1n) is 11.0. The van der Waals surface area contributed by atoms with Crippen molar-refractivity contribution in [2.45, 2.75) is 5.16 Å². The van der Waals surface area contributed by atoms with E-state index in [0.717, 1.165) is 22.7 Å². The van der Waals surface area contributed by atoms with Crippen LogP contribution in [0.3, 0.4) is 0 Å². The number of hydrogen-bond donors (Lipinski definition) is 0. The van der Waals surface area contributed by atoms with Crippen LogP contribution in [0.15, 0.2) is 71.9 Å². The molecular formula is C26H23N3O5S. The van der Waals surface area contributed by atoms with Crippen LogP contribution in [0.2, 0.25) is 0 Å². The molecule has 0 atom stereocenters. The van der Waals surface area contributed by atoms with Crippen LogP contribution in [0.1, 0.15) is 10.4 Å². The van der Waals surface area contributed by atoms with Crippen molar-refractivity contribution in [2.24, 2.45) is 0 Å². The summed E-state index contributed by atoms with van der Waals surface area (Å²) in [7, 11) is 3.25. The minimum Gasteiger partial charge on any atom is -0.497 e. The maximum Gasteiger partial charge on any atom is 0.196 e. The lowest BCUT2D eigenvalue weighted by atomic mass is 10.1. The number of aromatic nitrogens is 3. The maximum atomic E-state index is 13.0. The first kappa shape index (κ1) is 22.8. The topological polar surface area (TPSA) is 84.7 Å². The quantitative estimate of drug-likeness (QED) is 0.260. The second-order valence-corrected chi connectivity index (χ2v) is 8.58. The summed E-state index contributed by atoms with van der Waals surface area (Å²) in [4.78, 5) is 13.0. The molecule has 178 valence electrons. The molecule has 2 heterocycles. The van der Waals surface area contributed by atoms with E-state index in [9.17, 15) is 4.79 Å². The summed E-state index contributed by atoms with van der Waals surface area (Å²) in [6, 6.07) is 20.5. The number of ether oxygens (including phenoxy) is 4. The highest BCUT2D eigenvalue weighted by Gasteiger charge is 2.20. The fraction of sp³-hybridized carbons (Fsp3) is 0.192. The van der Waals surface area contributed by atoms with Crippen LogP contribution in [-0.2, 0) is 0 Å². The number of ketones is 1. The number of nitrogens with zero attached hydrogens (tertiary/aromatic N) is 3. The third kappa shape index (κ3) is 4.81. The van der Waals surface area contributed by atoms with Crippen LogP contribution in [0.25, 0.3) is 17.1 Å². The van der Waals surface area contributed by atoms with Crippen LogP contribution < -0.4 is 18.9 Å². The predicted molar refractivity (Wildman–Crippen MR) is 132 cm³/mol. The average molecular weight is 490 g/mol. The first-order chi connectivity index (χ1) is 17.2. The highest BCUT2D eigenvalue weighted by molar-refractivity contribution is 7.99. The molecule has 35 heavy (non-hydrogen) atoms. The highest BCUT2D eigenvalue weighted by atomic mass is 32.2. The molecule has 0 radical (unpaired) electrons. The maximum absolute atomic E-state index is 13.0. The van der Waals surface area contributed by atoms with E-state index in [0.29, 0.717) is 41.3 Å². The smallest absolute Gasteiger partial charge is 0.196 e. The van der Waals surface area contributed by atoms with Gasteiger partial charge in [-0.1, -0.05) is 23.9 Å². The number of carbonyl (C=O) groups excluding carboxylic acids is 1. The van der Waals surface area contributed by atoms with Gasteiger partial charge >= 0.3 is 0 Å². The summed E-state index contributed by atoms with van der Waals surface area (Å²) in [5.41, 5.74) is 2.26. The average Bonchev–Trinajstić information content (AvgIpc) is 3.35. The molecule has 0 saturated carbocycles. The van der Waals surface area contributed by atoms with Gasteiger partial charge in [0.1, 0.15) is 24.7 Å². The SMILES string of the molecule is COc1ccc(-n2c(SCC(=O)c3ccc4c(c3)OCCO4)nnc2-c2cccc(OC)c2)cc1. The Morgan fingerprint density at radius 1 is 0.914 bits per heavy atom. The second kappa shape index (κ2) is 10.1. The molecule has 0 aliphatic carbocycles. The largest absolute Gasteiger partial charge is 0.497 e. The van der Waals surface area contributed by atoms with Gasteiger partial charge in [0.2, 0.25) is 0 Å². The third-order valence-corrected chi connectivity index (χ3v) is 6.42. The van der Waals surface area contributed by atoms with Gasteiger partial charge in [-0.2, -0.15) is 0 Å². The molecule has 0 spiro atoms. The lowest BCUT2D eigenvalue weighted by Gasteiger charge is -2.18. The van der Waals surface area contributed by atoms with E-state index in [1.165, 1.54) is 11.8 Å². The number of hydrogen-bond acceptors (Lipinski definition) is 8. The van der Waals surface area contributed by atoms with Crippen molar-refractivity contribution in [1.82, 2.24) is 14.8 Å². The zero-order chi connectivity index (χ0) is 24.2. The molecule has 3 aromatic carbocycles. The molecule has 0 unspecified atom stereocenters. The first-order valence-corrected chi connectivity index (χ1v) is 11.9. The summed E-state index contributed by atoms with van der Waals surface area (Å²) in [6.45, 7) is 0.976. The molecule has 8 nitrogen and oxygen atoms in total. The molecular weight excluding hydrogens is 466 g/mol. The second-order valence-electron chi connectivity index (χ2n) is 7.64. The number of rotatable bonds is 8. The molecule has 1 aromatic heterocycles. The summed E-state index contributed by atoms with van der Waals surface area (Å²) >= 11 is 1.32. The molecule has 0 N–H and O–H groups in total. The van der Waals surface area contributed by atoms with Crippen molar-refractivity contribution >= 4 is 17.5 Å². The van der Waals surface area contributed by atoms with Gasteiger partial charge in [-0.05, 0) is 54.6 Å². The Kier molecular flexibility index (Phi) is 6.58. The van der Waals surface area contributed by atoms with E-state index in [4.69, 9.17) is 18.9 Å². The summed E-state index contributed by atoms with van der Waals surface area (Å²) in [6.07, 6.45) is 0. The molecule has 9 heteroatoms. The van der Waals surface area contributed by atoms with Gasteiger partial charge in [-0.3, -0.25) is 9.36 Å². The number of Topliss-reactive ketones (excluding diaryl/α,β-unsaturated/α-hetero) is 1. The van der Waals surface area contributed by atoms with E-state index >= 15 is 0 Å². The lowest BCUT2D eigenvalue weighted by molar-refractivity contribution is 0.102. The summed E-state index contributed by atoms with van der Waals surface area (Å²) in [5, 5.41) is 9.45. The number of fused-ring (bicyclic) bond motifs is 1. The number of benzene rings is 3. The minimum absolute atomic E-state index is 0.0424. The number of thioether (sulfide) groups is 1. The Morgan fingerprint density at radius 3 is 2.46 bits per heavy atom. The van der Waals surface area contributed by atoms with Crippen LogP contribution in [-0.4, -0.2) is 53.7 Å². The van der Waals surface area contributed by atoms with Crippen molar-refractivity contribution in [3.63, 3.8) is 0 Å². The Morgan fingerprint density at radius 2 is 1.69 bits per heavy atom. The predicted octanol–water partition coefficient (Wildman–Crippen LogP) is 4.70. The molecule has 0 amide bonds. The van der Waals surface area contributed by atoms with Crippen molar-refractivity contribution in [2.75, 3.05) is 33.2 Å². The van der Waals surface area contributed by atoms with Crippen LogP contribution in [0.4, 0.5) is 0 Å². The summed E-state index contributed by atoms with van der Waals surface area (Å²) < 4.78 is 23.8. The van der Waals surface area contributed by atoms with E-state index in [1.807, 2.05) is 53.1 Å². The Hall–Kier alpha value is -3.98. The molecule has 0 saturated heterocycles. The van der Waals surface area contributed by atoms with Crippen molar-refractivity contribution in [1.29, 1.82) is 0 Å². The van der Waals surface area contributed by atoms with E-state index < -0.39 is 0 Å². The number of carbonyl (C=O) groups is 1. The Labute approximate surface area is 206 Å². The molecule has 4 aromatic rings. The fourth-order valence-corrected chi connectivity index (χ4v) is 4.55. The van der Waals surface area contributed by atoms with Gasteiger partial charge in [0.05, 0.1) is 20.0 Å². The van der Waals surface area contributed by atoms with Crippen LogP contribution >= 0.6 is 11.8 Å². The van der Waals surface area contributed by atoms with Gasteiger partial charge in [0.25, 0.3) is 0 Å². The molecule has 1 aliphatic heterocycles. The normalized spacial score (nSPS) is 12.3. The Bertz CT molecular complexity index is 1350. The van der Waals surface area contributed by atoms with Crippen LogP contribution in [0.5, 0.6) is 23.0 Å². The van der Waals surface area contributed by atoms with Crippen molar-refractivity contribution < 1.29 is 23.7 Å². The summed E-state index contributed by atoms with van der Waals surface area (Å²) in [5.74, 6) is 3.49. The van der Waals surface area contributed by atoms with Gasteiger partial charge in [0, 0.05) is 16.8 Å². The minimum atomic E-state index is -0.0424. The molecule has 1 aliphatic rings. The van der Waals surface area contributed by atoms with E-state index in [1.54, 1.807) is 32.4 Å². The van der Waals surface area contributed by atoms with Gasteiger partial charge in [-0.15, -0.1) is 10.2 Å². The standard InChI is InChI=1S/C26H23N3O5S/c1-31-20-9-7-19(8-10-20)29-25(18-4-3-5-21(14-18)32-2)27-28-26(29)35-16-22(30)17-6-11-23-24(15-17)34-13-12-33-23/h3-11,14-15H,12-13,16H2,1-2H3. The van der Waals surface area contributed by atoms with Gasteiger partial charge < -0.3 is 18.9 Å². The fourth-order valence-electron chi connectivity index (χ4n) is 3.71. The van der Waals surface area contributed by atoms with Gasteiger partial charge in [-0.25, -0.2) is 0 Å². The van der Waals surface area contributed by atoms with Crippen LogP contribution in [0, 0.1) is 0 Å². The molecule has 5 rings (SSSR count). The zero-order valence-electron chi connectivity index (χ0n) is 19.3. The Balaban J connectivity index is 1.45. The van der Waals surface area contributed by atoms with Crippen molar-refractivity contribution in [3.05, 3.63) is 72.3 Å². The van der Waals surface area contributed by atoms with E-state index in [2.05, 4.69) is 10.2 Å². The molecule has 0 bridgehead atoms. The van der Waals surface area contributed by atoms with Crippen molar-refractivity contribution in [3.8, 4) is 40.1 Å². The monoisotopic (exact) mass is 489 g/mol. The molecule has 0 fully saturated rings.